The zero-order valence-electron chi connectivity index (χ0n) is 17.6. The minimum absolute atomic E-state index is 0.0586. The minimum Gasteiger partial charge on any atom is -0.494 e. The number of furan rings is 1. The quantitative estimate of drug-likeness (QED) is 0.749. The predicted octanol–water partition coefficient (Wildman–Crippen LogP) is 2.53. The van der Waals surface area contributed by atoms with E-state index in [1.807, 2.05) is 19.9 Å². The average Bonchev–Trinajstić information content (AvgIpc) is 3.27. The third-order valence-corrected chi connectivity index (χ3v) is 5.27. The molecule has 1 aliphatic heterocycles. The van der Waals surface area contributed by atoms with E-state index in [0.29, 0.717) is 32.7 Å². The number of amides is 2. The van der Waals surface area contributed by atoms with Crippen molar-refractivity contribution in [1.29, 1.82) is 0 Å². The van der Waals surface area contributed by atoms with Crippen LogP contribution in [0.5, 0.6) is 5.75 Å². The second-order valence-electron chi connectivity index (χ2n) is 7.74. The summed E-state index contributed by atoms with van der Waals surface area (Å²) in [5, 5.41) is 2.79. The third kappa shape index (κ3) is 5.18. The molecular weight excluding hydrogens is 389 g/mol. The van der Waals surface area contributed by atoms with Crippen LogP contribution in [0.4, 0.5) is 4.39 Å². The van der Waals surface area contributed by atoms with E-state index in [-0.39, 0.29) is 29.2 Å². The van der Waals surface area contributed by atoms with E-state index in [2.05, 4.69) is 10.2 Å². The molecule has 30 heavy (non-hydrogen) atoms. The Bertz CT molecular complexity index is 861. The summed E-state index contributed by atoms with van der Waals surface area (Å²) in [5.74, 6) is -0.518. The highest BCUT2D eigenvalue weighted by molar-refractivity contribution is 5.95. The number of benzene rings is 1. The smallest absolute Gasteiger partial charge is 0.287 e. The first kappa shape index (κ1) is 21.8. The third-order valence-electron chi connectivity index (χ3n) is 5.27. The van der Waals surface area contributed by atoms with Crippen molar-refractivity contribution in [2.45, 2.75) is 26.4 Å². The first-order chi connectivity index (χ1) is 14.4. The van der Waals surface area contributed by atoms with E-state index in [1.165, 1.54) is 19.4 Å². The van der Waals surface area contributed by atoms with Crippen molar-refractivity contribution in [3.8, 4) is 5.75 Å². The van der Waals surface area contributed by atoms with Gasteiger partial charge in [-0.25, -0.2) is 4.39 Å². The van der Waals surface area contributed by atoms with Crippen molar-refractivity contribution in [1.82, 2.24) is 15.1 Å². The van der Waals surface area contributed by atoms with Gasteiger partial charge in [-0.2, -0.15) is 0 Å². The Morgan fingerprint density at radius 1 is 1.20 bits per heavy atom. The number of hydrogen-bond acceptors (Lipinski definition) is 5. The summed E-state index contributed by atoms with van der Waals surface area (Å²) in [6.45, 7) is 6.87. The van der Waals surface area contributed by atoms with Crippen molar-refractivity contribution in [2.24, 2.45) is 5.92 Å². The minimum atomic E-state index is -0.621. The summed E-state index contributed by atoms with van der Waals surface area (Å²) in [6.07, 6.45) is 1.43. The lowest BCUT2D eigenvalue weighted by Gasteiger charge is -2.37. The van der Waals surface area contributed by atoms with Crippen molar-refractivity contribution in [3.05, 3.63) is 53.7 Å². The lowest BCUT2D eigenvalue weighted by Crippen LogP contribution is -2.56. The van der Waals surface area contributed by atoms with Crippen molar-refractivity contribution in [3.63, 3.8) is 0 Å². The fourth-order valence-electron chi connectivity index (χ4n) is 3.52. The summed E-state index contributed by atoms with van der Waals surface area (Å²) in [5.41, 5.74) is 0.860. The molecule has 1 aliphatic rings. The summed E-state index contributed by atoms with van der Waals surface area (Å²) >= 11 is 0. The van der Waals surface area contributed by atoms with Crippen LogP contribution in [-0.4, -0.2) is 60.9 Å². The Morgan fingerprint density at radius 2 is 1.93 bits per heavy atom. The molecule has 1 fully saturated rings. The summed E-state index contributed by atoms with van der Waals surface area (Å²) < 4.78 is 24.0. The molecule has 3 rings (SSSR count). The Kier molecular flexibility index (Phi) is 7.10. The molecule has 162 valence electrons. The van der Waals surface area contributed by atoms with E-state index in [0.717, 1.165) is 5.56 Å². The van der Waals surface area contributed by atoms with Crippen LogP contribution in [0.3, 0.4) is 0 Å². The van der Waals surface area contributed by atoms with Gasteiger partial charge in [0.15, 0.2) is 17.3 Å². The monoisotopic (exact) mass is 417 g/mol. The van der Waals surface area contributed by atoms with Crippen molar-refractivity contribution >= 4 is 11.8 Å². The molecule has 1 aromatic heterocycles. The molecule has 1 saturated heterocycles. The van der Waals surface area contributed by atoms with Gasteiger partial charge < -0.3 is 19.4 Å². The molecule has 1 aromatic carbocycles. The molecule has 8 heteroatoms. The molecule has 1 atom stereocenters. The number of nitrogens with zero attached hydrogens (tertiary/aromatic N) is 2. The van der Waals surface area contributed by atoms with E-state index >= 15 is 0 Å². The molecule has 2 aromatic rings. The molecule has 0 bridgehead atoms. The van der Waals surface area contributed by atoms with Crippen LogP contribution in [0.2, 0.25) is 0 Å². The largest absolute Gasteiger partial charge is 0.494 e. The predicted molar refractivity (Wildman–Crippen MR) is 110 cm³/mol. The number of carbonyl (C=O) groups is 2. The number of ether oxygens (including phenoxy) is 1. The Labute approximate surface area is 175 Å². The molecular formula is C22H28FN3O4. The highest BCUT2D eigenvalue weighted by Crippen LogP contribution is 2.19. The van der Waals surface area contributed by atoms with E-state index in [9.17, 15) is 14.0 Å². The summed E-state index contributed by atoms with van der Waals surface area (Å²) in [6, 6.07) is 7.53. The summed E-state index contributed by atoms with van der Waals surface area (Å²) in [7, 11) is 1.44. The lowest BCUT2D eigenvalue weighted by atomic mass is 10.0. The Hall–Kier alpha value is -2.87. The maximum atomic E-state index is 13.9. The van der Waals surface area contributed by atoms with Gasteiger partial charge in [0.05, 0.1) is 13.4 Å². The van der Waals surface area contributed by atoms with Crippen molar-refractivity contribution < 1.29 is 23.1 Å². The van der Waals surface area contributed by atoms with E-state index < -0.39 is 11.9 Å². The molecule has 7 nitrogen and oxygen atoms in total. The molecule has 0 radical (unpaired) electrons. The van der Waals surface area contributed by atoms with E-state index in [1.54, 1.807) is 23.1 Å². The van der Waals surface area contributed by atoms with Crippen LogP contribution < -0.4 is 10.1 Å². The van der Waals surface area contributed by atoms with Gasteiger partial charge in [-0.05, 0) is 35.7 Å². The van der Waals surface area contributed by atoms with Gasteiger partial charge in [0.1, 0.15) is 6.04 Å². The van der Waals surface area contributed by atoms with Crippen LogP contribution in [0.25, 0.3) is 0 Å². The molecule has 0 unspecified atom stereocenters. The Morgan fingerprint density at radius 3 is 2.50 bits per heavy atom. The number of methoxy groups -OCH3 is 1. The topological polar surface area (TPSA) is 75.0 Å². The maximum absolute atomic E-state index is 13.9. The van der Waals surface area contributed by atoms with Gasteiger partial charge in [-0.15, -0.1) is 0 Å². The van der Waals surface area contributed by atoms with Crippen LogP contribution in [0.15, 0.2) is 41.0 Å². The number of carbonyl (C=O) groups excluding carboxylic acids is 2. The second kappa shape index (κ2) is 9.75. The standard InChI is InChI=1S/C22H28FN3O4/c1-15(2)20(24-21(27)19-5-4-12-30-19)22(28)26-10-8-25(9-11-26)14-16-6-7-18(29-3)17(23)13-16/h4-7,12-13,15,20H,8-11,14H2,1-3H3,(H,24,27)/t20-/m1/s1. The summed E-state index contributed by atoms with van der Waals surface area (Å²) in [4.78, 5) is 29.3. The van der Waals surface area contributed by atoms with Gasteiger partial charge >= 0.3 is 0 Å². The first-order valence-corrected chi connectivity index (χ1v) is 10.1. The van der Waals surface area contributed by atoms with Crippen LogP contribution in [-0.2, 0) is 11.3 Å². The van der Waals surface area contributed by atoms with Gasteiger partial charge in [0, 0.05) is 32.7 Å². The van der Waals surface area contributed by atoms with Crippen LogP contribution >= 0.6 is 0 Å². The number of piperazine rings is 1. The zero-order valence-corrected chi connectivity index (χ0v) is 17.6. The van der Waals surface area contributed by atoms with Gasteiger partial charge in [-0.1, -0.05) is 19.9 Å². The fourth-order valence-corrected chi connectivity index (χ4v) is 3.52. The molecule has 2 heterocycles. The second-order valence-corrected chi connectivity index (χ2v) is 7.74. The Balaban J connectivity index is 1.55. The van der Waals surface area contributed by atoms with Crippen LogP contribution in [0.1, 0.15) is 30.0 Å². The van der Waals surface area contributed by atoms with Crippen LogP contribution in [0, 0.1) is 11.7 Å². The van der Waals surface area contributed by atoms with Gasteiger partial charge in [0.2, 0.25) is 5.91 Å². The number of halogens is 1. The molecule has 2 amide bonds. The highest BCUT2D eigenvalue weighted by atomic mass is 19.1. The number of rotatable bonds is 7. The maximum Gasteiger partial charge on any atom is 0.287 e. The molecule has 0 aliphatic carbocycles. The van der Waals surface area contributed by atoms with Gasteiger partial charge in [-0.3, -0.25) is 14.5 Å². The fraction of sp³-hybridized carbons (Fsp3) is 0.455. The molecule has 0 saturated carbocycles. The van der Waals surface area contributed by atoms with E-state index in [4.69, 9.17) is 9.15 Å². The van der Waals surface area contributed by atoms with Gasteiger partial charge in [0.25, 0.3) is 5.91 Å². The van der Waals surface area contributed by atoms with Crippen molar-refractivity contribution in [2.75, 3.05) is 33.3 Å². The zero-order chi connectivity index (χ0) is 21.7. The molecule has 1 N–H and O–H groups in total. The first-order valence-electron chi connectivity index (χ1n) is 10.1. The molecule has 0 spiro atoms. The SMILES string of the molecule is COc1ccc(CN2CCN(C(=O)[C@H](NC(=O)c3ccco3)C(C)C)CC2)cc1F. The highest BCUT2D eigenvalue weighted by Gasteiger charge is 2.31. The normalized spacial score (nSPS) is 15.8. The lowest BCUT2D eigenvalue weighted by molar-refractivity contribution is -0.136. The number of nitrogens with one attached hydrogen (secondary N) is 1. The average molecular weight is 417 g/mol. The number of hydrogen-bond donors (Lipinski definition) is 1.